The molecule has 1 aliphatic carbocycles. The Morgan fingerprint density at radius 2 is 2.19 bits per heavy atom. The Balaban J connectivity index is 1.83. The number of aromatic nitrogens is 2. The highest BCUT2D eigenvalue weighted by Crippen LogP contribution is 2.32. The van der Waals surface area contributed by atoms with E-state index in [-0.39, 0.29) is 17.6 Å². The van der Waals surface area contributed by atoms with Crippen LogP contribution in [-0.4, -0.2) is 21.0 Å². The molecule has 0 fully saturated rings. The third kappa shape index (κ3) is 2.84. The van der Waals surface area contributed by atoms with E-state index in [1.165, 1.54) is 18.5 Å². The summed E-state index contributed by atoms with van der Waals surface area (Å²) in [6.07, 6.45) is 5.42. The SMILES string of the molecule is O=C(O)c1cnc(N[C@@H]2CCCc3ccc(F)cc32)cn1. The number of nitrogens with zero attached hydrogens (tertiary/aromatic N) is 2. The minimum Gasteiger partial charge on any atom is -0.476 e. The first kappa shape index (κ1) is 13.5. The molecule has 6 heteroatoms. The predicted molar refractivity (Wildman–Crippen MR) is 74.7 cm³/mol. The van der Waals surface area contributed by atoms with Crippen LogP contribution in [0.15, 0.2) is 30.6 Å². The zero-order chi connectivity index (χ0) is 14.8. The van der Waals surface area contributed by atoms with Crippen molar-refractivity contribution in [2.24, 2.45) is 0 Å². The molecule has 5 nitrogen and oxygen atoms in total. The fraction of sp³-hybridized carbons (Fsp3) is 0.267. The van der Waals surface area contributed by atoms with Gasteiger partial charge < -0.3 is 10.4 Å². The Labute approximate surface area is 120 Å². The molecule has 2 aromatic rings. The van der Waals surface area contributed by atoms with Crippen LogP contribution in [0.25, 0.3) is 0 Å². The van der Waals surface area contributed by atoms with Gasteiger partial charge in [0.25, 0.3) is 0 Å². The maximum absolute atomic E-state index is 13.4. The Kier molecular flexibility index (Phi) is 3.51. The molecule has 3 rings (SSSR count). The molecule has 0 saturated carbocycles. The average Bonchev–Trinajstić information content (AvgIpc) is 2.48. The second-order valence-corrected chi connectivity index (χ2v) is 5.02. The van der Waals surface area contributed by atoms with E-state index in [1.807, 2.05) is 6.07 Å². The lowest BCUT2D eigenvalue weighted by atomic mass is 9.87. The van der Waals surface area contributed by atoms with Gasteiger partial charge in [-0.05, 0) is 42.5 Å². The van der Waals surface area contributed by atoms with Crippen molar-refractivity contribution in [3.05, 3.63) is 53.2 Å². The number of hydrogen-bond donors (Lipinski definition) is 2. The number of carbonyl (C=O) groups is 1. The molecule has 0 spiro atoms. The summed E-state index contributed by atoms with van der Waals surface area (Å²) in [5, 5.41) is 12.0. The number of carboxylic acids is 1. The van der Waals surface area contributed by atoms with Gasteiger partial charge in [0.05, 0.1) is 18.4 Å². The van der Waals surface area contributed by atoms with Crippen LogP contribution in [0, 0.1) is 5.82 Å². The number of rotatable bonds is 3. The standard InChI is InChI=1S/C15H14FN3O2/c16-10-5-4-9-2-1-3-12(11(9)6-10)19-14-8-17-13(7-18-14)15(20)21/h4-8,12H,1-3H2,(H,18,19)(H,20,21)/t12-/m1/s1. The van der Waals surface area contributed by atoms with Gasteiger partial charge in [0, 0.05) is 0 Å². The smallest absolute Gasteiger partial charge is 0.356 e. The first-order valence-electron chi connectivity index (χ1n) is 6.73. The third-order valence-corrected chi connectivity index (χ3v) is 3.62. The molecule has 0 radical (unpaired) electrons. The lowest BCUT2D eigenvalue weighted by molar-refractivity contribution is 0.0690. The highest BCUT2D eigenvalue weighted by molar-refractivity contribution is 5.84. The maximum Gasteiger partial charge on any atom is 0.356 e. The van der Waals surface area contributed by atoms with Gasteiger partial charge in [0.1, 0.15) is 11.6 Å². The largest absolute Gasteiger partial charge is 0.476 e. The summed E-state index contributed by atoms with van der Waals surface area (Å²) in [7, 11) is 0. The van der Waals surface area contributed by atoms with Crippen LogP contribution in [0.2, 0.25) is 0 Å². The first-order valence-corrected chi connectivity index (χ1v) is 6.73. The van der Waals surface area contributed by atoms with Crippen LogP contribution < -0.4 is 5.32 Å². The summed E-state index contributed by atoms with van der Waals surface area (Å²) in [4.78, 5) is 18.6. The lowest BCUT2D eigenvalue weighted by Gasteiger charge is -2.26. The van der Waals surface area contributed by atoms with Crippen molar-refractivity contribution in [2.75, 3.05) is 5.32 Å². The number of hydrogen-bond acceptors (Lipinski definition) is 4. The molecule has 0 unspecified atom stereocenters. The summed E-state index contributed by atoms with van der Waals surface area (Å²) in [6.45, 7) is 0. The molecule has 1 heterocycles. The zero-order valence-electron chi connectivity index (χ0n) is 11.2. The van der Waals surface area contributed by atoms with Crippen LogP contribution in [0.3, 0.4) is 0 Å². The highest BCUT2D eigenvalue weighted by atomic mass is 19.1. The average molecular weight is 287 g/mol. The van der Waals surface area contributed by atoms with Crippen molar-refractivity contribution in [3.63, 3.8) is 0 Å². The van der Waals surface area contributed by atoms with E-state index in [1.54, 1.807) is 6.07 Å². The number of anilines is 1. The van der Waals surface area contributed by atoms with E-state index in [4.69, 9.17) is 5.11 Å². The lowest BCUT2D eigenvalue weighted by Crippen LogP contribution is -2.18. The van der Waals surface area contributed by atoms with E-state index in [0.717, 1.165) is 30.4 Å². The minimum atomic E-state index is -1.11. The molecule has 1 aromatic carbocycles. The summed E-state index contributed by atoms with van der Waals surface area (Å²) >= 11 is 0. The van der Waals surface area contributed by atoms with E-state index in [2.05, 4.69) is 15.3 Å². The number of nitrogens with one attached hydrogen (secondary N) is 1. The molecule has 1 aromatic heterocycles. The van der Waals surface area contributed by atoms with E-state index < -0.39 is 5.97 Å². The zero-order valence-corrected chi connectivity index (χ0v) is 11.2. The molecule has 21 heavy (non-hydrogen) atoms. The monoisotopic (exact) mass is 287 g/mol. The number of aryl methyl sites for hydroxylation is 1. The molecular formula is C15H14FN3O2. The Morgan fingerprint density at radius 1 is 1.33 bits per heavy atom. The topological polar surface area (TPSA) is 75.1 Å². The molecule has 0 bridgehead atoms. The van der Waals surface area contributed by atoms with Gasteiger partial charge >= 0.3 is 5.97 Å². The number of carboxylic acid groups (broad SMARTS) is 1. The number of halogens is 1. The van der Waals surface area contributed by atoms with Crippen LogP contribution >= 0.6 is 0 Å². The van der Waals surface area contributed by atoms with Gasteiger partial charge in [0.2, 0.25) is 0 Å². The Morgan fingerprint density at radius 3 is 2.90 bits per heavy atom. The third-order valence-electron chi connectivity index (χ3n) is 3.62. The molecular weight excluding hydrogens is 273 g/mol. The van der Waals surface area contributed by atoms with Crippen molar-refractivity contribution < 1.29 is 14.3 Å². The van der Waals surface area contributed by atoms with Gasteiger partial charge in [-0.1, -0.05) is 6.07 Å². The summed E-state index contributed by atoms with van der Waals surface area (Å²) in [5.41, 5.74) is 1.97. The first-order chi connectivity index (χ1) is 10.1. The minimum absolute atomic E-state index is 0.0329. The fourth-order valence-corrected chi connectivity index (χ4v) is 2.61. The fourth-order valence-electron chi connectivity index (χ4n) is 2.61. The summed E-state index contributed by atoms with van der Waals surface area (Å²) in [6, 6.07) is 4.81. The van der Waals surface area contributed by atoms with Crippen LogP contribution in [0.1, 0.15) is 40.5 Å². The van der Waals surface area contributed by atoms with Crippen molar-refractivity contribution in [1.29, 1.82) is 0 Å². The van der Waals surface area contributed by atoms with Crippen molar-refractivity contribution in [1.82, 2.24) is 9.97 Å². The van der Waals surface area contributed by atoms with Crippen molar-refractivity contribution in [2.45, 2.75) is 25.3 Å². The van der Waals surface area contributed by atoms with E-state index >= 15 is 0 Å². The van der Waals surface area contributed by atoms with Crippen LogP contribution in [-0.2, 0) is 6.42 Å². The van der Waals surface area contributed by atoms with Crippen LogP contribution in [0.4, 0.5) is 10.2 Å². The second kappa shape index (κ2) is 5.47. The highest BCUT2D eigenvalue weighted by Gasteiger charge is 2.21. The quantitative estimate of drug-likeness (QED) is 0.908. The van der Waals surface area contributed by atoms with Gasteiger partial charge in [-0.15, -0.1) is 0 Å². The normalized spacial score (nSPS) is 17.1. The molecule has 108 valence electrons. The van der Waals surface area contributed by atoms with Crippen LogP contribution in [0.5, 0.6) is 0 Å². The molecule has 2 N–H and O–H groups in total. The number of aromatic carboxylic acids is 1. The second-order valence-electron chi connectivity index (χ2n) is 5.02. The Hall–Kier alpha value is -2.50. The molecule has 1 aliphatic rings. The summed E-state index contributed by atoms with van der Waals surface area (Å²) < 4.78 is 13.4. The maximum atomic E-state index is 13.4. The molecule has 0 amide bonds. The van der Waals surface area contributed by atoms with Gasteiger partial charge in [-0.3, -0.25) is 0 Å². The van der Waals surface area contributed by atoms with E-state index in [9.17, 15) is 9.18 Å². The van der Waals surface area contributed by atoms with Gasteiger partial charge in [-0.2, -0.15) is 0 Å². The molecule has 0 saturated heterocycles. The van der Waals surface area contributed by atoms with Gasteiger partial charge in [0.15, 0.2) is 5.69 Å². The Bertz CT molecular complexity index is 673. The van der Waals surface area contributed by atoms with Crippen molar-refractivity contribution >= 4 is 11.8 Å². The molecule has 0 aliphatic heterocycles. The number of benzene rings is 1. The predicted octanol–water partition coefficient (Wildman–Crippen LogP) is 2.80. The van der Waals surface area contributed by atoms with E-state index in [0.29, 0.717) is 5.82 Å². The molecule has 1 atom stereocenters. The summed E-state index contributed by atoms with van der Waals surface area (Å²) in [5.74, 6) is -0.879. The van der Waals surface area contributed by atoms with Gasteiger partial charge in [-0.25, -0.2) is 19.2 Å². The van der Waals surface area contributed by atoms with Crippen molar-refractivity contribution in [3.8, 4) is 0 Å². The number of fused-ring (bicyclic) bond motifs is 1.